The zero-order valence-corrected chi connectivity index (χ0v) is 14.5. The van der Waals surface area contributed by atoms with Crippen molar-refractivity contribution in [2.45, 2.75) is 51.7 Å². The Morgan fingerprint density at radius 3 is 2.74 bits per heavy atom. The Hall–Kier alpha value is -1.67. The summed E-state index contributed by atoms with van der Waals surface area (Å²) in [6.07, 6.45) is 1.58. The van der Waals surface area contributed by atoms with Crippen molar-refractivity contribution in [2.24, 2.45) is 0 Å². The van der Waals surface area contributed by atoms with Crippen molar-refractivity contribution in [1.82, 2.24) is 20.5 Å². The maximum atomic E-state index is 12.0. The van der Waals surface area contributed by atoms with Crippen LogP contribution in [0, 0.1) is 6.92 Å². The normalized spacial score (nSPS) is 21.6. The molecule has 1 aromatic rings. The lowest BCUT2D eigenvalue weighted by atomic mass is 9.85. The molecule has 1 atom stereocenters. The monoisotopic (exact) mass is 340 g/mol. The van der Waals surface area contributed by atoms with Crippen LogP contribution in [0.4, 0.5) is 4.79 Å². The standard InChI is InChI=1S/C15H24N4O3S/c1-4-19(7-13(20)21)12-5-11(6-12)18-15(22)17-10(3)14-16-9(2)8-23-14/h8,10-12H,4-7H2,1-3H3,(H,20,21)(H2,17,18,22). The van der Waals surface area contributed by atoms with E-state index in [9.17, 15) is 9.59 Å². The van der Waals surface area contributed by atoms with E-state index in [4.69, 9.17) is 5.11 Å². The van der Waals surface area contributed by atoms with E-state index in [0.29, 0.717) is 6.54 Å². The summed E-state index contributed by atoms with van der Waals surface area (Å²) in [4.78, 5) is 29.1. The Balaban J connectivity index is 1.72. The van der Waals surface area contributed by atoms with Crippen LogP contribution in [0.15, 0.2) is 5.38 Å². The summed E-state index contributed by atoms with van der Waals surface area (Å²) in [6, 6.07) is 0.0207. The van der Waals surface area contributed by atoms with E-state index in [1.54, 1.807) is 0 Å². The number of hydrogen-bond acceptors (Lipinski definition) is 5. The van der Waals surface area contributed by atoms with E-state index < -0.39 is 5.97 Å². The van der Waals surface area contributed by atoms with Crippen LogP contribution in [-0.2, 0) is 4.79 Å². The molecular formula is C15H24N4O3S. The minimum absolute atomic E-state index is 0.0561. The molecule has 1 aliphatic rings. The minimum Gasteiger partial charge on any atom is -0.480 e. The fourth-order valence-electron chi connectivity index (χ4n) is 2.73. The maximum absolute atomic E-state index is 12.0. The van der Waals surface area contributed by atoms with Crippen molar-refractivity contribution in [1.29, 1.82) is 0 Å². The molecule has 0 bridgehead atoms. The van der Waals surface area contributed by atoms with Gasteiger partial charge < -0.3 is 15.7 Å². The van der Waals surface area contributed by atoms with E-state index in [1.807, 2.05) is 31.1 Å². The van der Waals surface area contributed by atoms with Crippen molar-refractivity contribution in [3.8, 4) is 0 Å². The molecule has 0 spiro atoms. The van der Waals surface area contributed by atoms with E-state index in [0.717, 1.165) is 23.5 Å². The van der Waals surface area contributed by atoms with Crippen molar-refractivity contribution < 1.29 is 14.7 Å². The molecule has 1 heterocycles. The number of aromatic nitrogens is 1. The number of thiazole rings is 1. The Morgan fingerprint density at radius 2 is 2.22 bits per heavy atom. The van der Waals surface area contributed by atoms with Gasteiger partial charge in [-0.05, 0) is 33.2 Å². The number of rotatable bonds is 7. The summed E-state index contributed by atoms with van der Waals surface area (Å²) in [5.74, 6) is -0.812. The largest absolute Gasteiger partial charge is 0.480 e. The molecule has 0 saturated heterocycles. The average Bonchev–Trinajstić information content (AvgIpc) is 2.86. The van der Waals surface area contributed by atoms with Gasteiger partial charge in [0.2, 0.25) is 0 Å². The Morgan fingerprint density at radius 1 is 1.52 bits per heavy atom. The van der Waals surface area contributed by atoms with Crippen LogP contribution in [0.1, 0.15) is 43.4 Å². The molecule has 1 aliphatic carbocycles. The van der Waals surface area contributed by atoms with E-state index >= 15 is 0 Å². The summed E-state index contributed by atoms with van der Waals surface area (Å²) in [5.41, 5.74) is 0.957. The SMILES string of the molecule is CCN(CC(=O)O)C1CC(NC(=O)NC(C)c2nc(C)cs2)C1. The van der Waals surface area contributed by atoms with E-state index in [2.05, 4.69) is 15.6 Å². The van der Waals surface area contributed by atoms with E-state index in [-0.39, 0.29) is 30.7 Å². The Kier molecular flexibility index (Phi) is 5.95. The third-order valence-electron chi connectivity index (χ3n) is 4.06. The van der Waals surface area contributed by atoms with Gasteiger partial charge in [-0.15, -0.1) is 11.3 Å². The quantitative estimate of drug-likeness (QED) is 0.703. The molecule has 2 amide bonds. The third kappa shape index (κ3) is 4.90. The highest BCUT2D eigenvalue weighted by Gasteiger charge is 2.34. The first kappa shape index (κ1) is 17.7. The number of hydrogen-bond donors (Lipinski definition) is 3. The van der Waals surface area contributed by atoms with Gasteiger partial charge in [-0.3, -0.25) is 9.69 Å². The lowest BCUT2D eigenvalue weighted by Crippen LogP contribution is -2.56. The molecule has 128 valence electrons. The smallest absolute Gasteiger partial charge is 0.317 e. The fraction of sp³-hybridized carbons (Fsp3) is 0.667. The summed E-state index contributed by atoms with van der Waals surface area (Å²) in [6.45, 7) is 6.55. The molecule has 1 aromatic heterocycles. The topological polar surface area (TPSA) is 94.6 Å². The van der Waals surface area contributed by atoms with Crippen LogP contribution < -0.4 is 10.6 Å². The summed E-state index contributed by atoms with van der Waals surface area (Å²) in [5, 5.41) is 17.6. The van der Waals surface area contributed by atoms with Gasteiger partial charge in [0.25, 0.3) is 0 Å². The molecule has 8 heteroatoms. The molecule has 1 fully saturated rings. The predicted octanol–water partition coefficient (Wildman–Crippen LogP) is 1.75. The number of nitrogens with zero attached hydrogens (tertiary/aromatic N) is 2. The second-order valence-corrected chi connectivity index (χ2v) is 6.84. The second-order valence-electron chi connectivity index (χ2n) is 5.95. The Labute approximate surface area is 140 Å². The molecule has 7 nitrogen and oxygen atoms in total. The lowest BCUT2D eigenvalue weighted by Gasteiger charge is -2.42. The van der Waals surface area contributed by atoms with E-state index in [1.165, 1.54) is 11.3 Å². The summed E-state index contributed by atoms with van der Waals surface area (Å²) in [7, 11) is 0. The molecule has 0 aliphatic heterocycles. The van der Waals surface area contributed by atoms with Crippen molar-refractivity contribution in [3.63, 3.8) is 0 Å². The number of likely N-dealkylation sites (N-methyl/N-ethyl adjacent to an activating group) is 1. The number of carboxylic acid groups (broad SMARTS) is 1. The van der Waals surface area contributed by atoms with Gasteiger partial charge in [-0.25, -0.2) is 9.78 Å². The van der Waals surface area contributed by atoms with Crippen LogP contribution >= 0.6 is 11.3 Å². The number of carboxylic acids is 1. The highest BCUT2D eigenvalue weighted by atomic mass is 32.1. The molecule has 0 radical (unpaired) electrons. The maximum Gasteiger partial charge on any atom is 0.317 e. The Bertz CT molecular complexity index is 557. The van der Waals surface area contributed by atoms with Crippen molar-refractivity contribution in [3.05, 3.63) is 16.1 Å². The van der Waals surface area contributed by atoms with Gasteiger partial charge in [0, 0.05) is 23.2 Å². The lowest BCUT2D eigenvalue weighted by molar-refractivity contribution is -0.139. The molecule has 3 N–H and O–H groups in total. The molecular weight excluding hydrogens is 316 g/mol. The molecule has 2 rings (SSSR count). The van der Waals surface area contributed by atoms with Gasteiger partial charge in [0.1, 0.15) is 5.01 Å². The summed E-state index contributed by atoms with van der Waals surface area (Å²) < 4.78 is 0. The number of carbonyl (C=O) groups is 2. The number of nitrogens with one attached hydrogen (secondary N) is 2. The second kappa shape index (κ2) is 7.74. The van der Waals surface area contributed by atoms with Crippen LogP contribution in [0.3, 0.4) is 0 Å². The highest BCUT2D eigenvalue weighted by molar-refractivity contribution is 7.09. The fourth-order valence-corrected chi connectivity index (χ4v) is 3.54. The number of amides is 2. The number of carbonyl (C=O) groups excluding carboxylic acids is 1. The van der Waals surface area contributed by atoms with Gasteiger partial charge in [0.05, 0.1) is 12.6 Å². The zero-order valence-electron chi connectivity index (χ0n) is 13.7. The van der Waals surface area contributed by atoms with Gasteiger partial charge in [-0.2, -0.15) is 0 Å². The molecule has 23 heavy (non-hydrogen) atoms. The predicted molar refractivity (Wildman–Crippen MR) is 88.6 cm³/mol. The molecule has 0 aromatic carbocycles. The van der Waals surface area contributed by atoms with Gasteiger partial charge >= 0.3 is 12.0 Å². The molecule has 1 unspecified atom stereocenters. The highest BCUT2D eigenvalue weighted by Crippen LogP contribution is 2.25. The van der Waals surface area contributed by atoms with Gasteiger partial charge in [0.15, 0.2) is 0 Å². The number of aryl methyl sites for hydroxylation is 1. The number of aliphatic carboxylic acids is 1. The van der Waals surface area contributed by atoms with Crippen LogP contribution in [-0.4, -0.2) is 52.2 Å². The average molecular weight is 340 g/mol. The van der Waals surface area contributed by atoms with Crippen LogP contribution in [0.2, 0.25) is 0 Å². The first-order chi connectivity index (χ1) is 10.9. The third-order valence-corrected chi connectivity index (χ3v) is 5.21. The number of urea groups is 1. The zero-order chi connectivity index (χ0) is 17.0. The van der Waals surface area contributed by atoms with Crippen molar-refractivity contribution >= 4 is 23.3 Å². The molecule has 1 saturated carbocycles. The van der Waals surface area contributed by atoms with Crippen LogP contribution in [0.25, 0.3) is 0 Å². The minimum atomic E-state index is -0.812. The van der Waals surface area contributed by atoms with Crippen LogP contribution in [0.5, 0.6) is 0 Å². The first-order valence-electron chi connectivity index (χ1n) is 7.84. The van der Waals surface area contributed by atoms with Crippen molar-refractivity contribution in [2.75, 3.05) is 13.1 Å². The van der Waals surface area contributed by atoms with Gasteiger partial charge in [-0.1, -0.05) is 6.92 Å². The summed E-state index contributed by atoms with van der Waals surface area (Å²) >= 11 is 1.54. The first-order valence-corrected chi connectivity index (χ1v) is 8.71.